The minimum atomic E-state index is -0.0431. The second-order valence-electron chi connectivity index (χ2n) is 4.69. The van der Waals surface area contributed by atoms with Crippen molar-refractivity contribution >= 4 is 18.3 Å². The standard InChI is InChI=1S/C14H19N5O.ClH/c1-11(7-15-2)14(20)17-8-12-4-3-5-13(6-12)19-10-16-9-18-19;/h3-6,9-11,15H,7-8H2,1-2H3,(H,17,20);1H. The van der Waals surface area contributed by atoms with Crippen LogP contribution in [0.2, 0.25) is 0 Å². The predicted octanol–water partition coefficient (Wildman–Crippen LogP) is 1.16. The molecule has 0 spiro atoms. The average Bonchev–Trinajstić information content (AvgIpc) is 2.99. The molecule has 7 heteroatoms. The fourth-order valence-electron chi connectivity index (χ4n) is 1.91. The van der Waals surface area contributed by atoms with Gasteiger partial charge in [-0.2, -0.15) is 5.10 Å². The summed E-state index contributed by atoms with van der Waals surface area (Å²) in [5, 5.41) is 10.0. The fourth-order valence-corrected chi connectivity index (χ4v) is 1.91. The first kappa shape index (κ1) is 17.1. The molecule has 114 valence electrons. The zero-order valence-electron chi connectivity index (χ0n) is 12.1. The summed E-state index contributed by atoms with van der Waals surface area (Å²) in [5.74, 6) is 0.00371. The Labute approximate surface area is 130 Å². The first-order valence-electron chi connectivity index (χ1n) is 6.57. The first-order chi connectivity index (χ1) is 9.70. The normalized spacial score (nSPS) is 11.5. The number of carbonyl (C=O) groups is 1. The van der Waals surface area contributed by atoms with Gasteiger partial charge in [0.2, 0.25) is 5.91 Å². The molecule has 1 unspecified atom stereocenters. The molecule has 2 aromatic rings. The second kappa shape index (κ2) is 8.39. The number of hydrogen-bond acceptors (Lipinski definition) is 4. The molecule has 21 heavy (non-hydrogen) atoms. The molecule has 0 saturated carbocycles. The summed E-state index contributed by atoms with van der Waals surface area (Å²) in [4.78, 5) is 15.8. The molecule has 1 heterocycles. The lowest BCUT2D eigenvalue weighted by atomic mass is 10.1. The Kier molecular flexibility index (Phi) is 6.84. The van der Waals surface area contributed by atoms with Gasteiger partial charge in [0.15, 0.2) is 0 Å². The topological polar surface area (TPSA) is 71.8 Å². The third kappa shape index (κ3) is 4.84. The Bertz CT molecular complexity index is 558. The summed E-state index contributed by atoms with van der Waals surface area (Å²) in [6, 6.07) is 7.85. The zero-order chi connectivity index (χ0) is 14.4. The van der Waals surface area contributed by atoms with E-state index in [0.29, 0.717) is 13.1 Å². The van der Waals surface area contributed by atoms with E-state index < -0.39 is 0 Å². The Morgan fingerprint density at radius 2 is 2.24 bits per heavy atom. The predicted molar refractivity (Wildman–Crippen MR) is 83.5 cm³/mol. The molecule has 0 aliphatic rings. The van der Waals surface area contributed by atoms with E-state index in [4.69, 9.17) is 0 Å². The van der Waals surface area contributed by atoms with Crippen molar-refractivity contribution in [2.75, 3.05) is 13.6 Å². The molecule has 6 nitrogen and oxygen atoms in total. The van der Waals surface area contributed by atoms with Crippen LogP contribution in [0.1, 0.15) is 12.5 Å². The van der Waals surface area contributed by atoms with Gasteiger partial charge in [0.1, 0.15) is 12.7 Å². The van der Waals surface area contributed by atoms with Crippen molar-refractivity contribution in [3.63, 3.8) is 0 Å². The molecule has 2 rings (SSSR count). The molecule has 2 N–H and O–H groups in total. The molecule has 0 aliphatic carbocycles. The van der Waals surface area contributed by atoms with Crippen LogP contribution in [0.15, 0.2) is 36.9 Å². The van der Waals surface area contributed by atoms with Gasteiger partial charge in [0.25, 0.3) is 0 Å². The van der Waals surface area contributed by atoms with Gasteiger partial charge < -0.3 is 10.6 Å². The molecule has 1 amide bonds. The summed E-state index contributed by atoms with van der Waals surface area (Å²) in [7, 11) is 1.84. The number of nitrogens with one attached hydrogen (secondary N) is 2. The summed E-state index contributed by atoms with van der Waals surface area (Å²) in [6.45, 7) is 3.08. The van der Waals surface area contributed by atoms with Crippen molar-refractivity contribution < 1.29 is 4.79 Å². The highest BCUT2D eigenvalue weighted by Gasteiger charge is 2.11. The number of hydrogen-bond donors (Lipinski definition) is 2. The number of nitrogens with zero attached hydrogens (tertiary/aromatic N) is 3. The molecule has 1 atom stereocenters. The van der Waals surface area contributed by atoms with E-state index in [1.807, 2.05) is 38.2 Å². The van der Waals surface area contributed by atoms with Crippen LogP contribution in [0.3, 0.4) is 0 Å². The quantitative estimate of drug-likeness (QED) is 0.840. The van der Waals surface area contributed by atoms with Gasteiger partial charge in [-0.1, -0.05) is 19.1 Å². The lowest BCUT2D eigenvalue weighted by molar-refractivity contribution is -0.124. The average molecular weight is 310 g/mol. The van der Waals surface area contributed by atoms with Gasteiger partial charge in [-0.15, -0.1) is 12.4 Å². The molecular formula is C14H20ClN5O. The van der Waals surface area contributed by atoms with E-state index in [1.165, 1.54) is 6.33 Å². The lowest BCUT2D eigenvalue weighted by Crippen LogP contribution is -2.33. The van der Waals surface area contributed by atoms with Gasteiger partial charge in [-0.3, -0.25) is 4.79 Å². The van der Waals surface area contributed by atoms with Gasteiger partial charge in [0, 0.05) is 19.0 Å². The van der Waals surface area contributed by atoms with Gasteiger partial charge >= 0.3 is 0 Å². The maximum absolute atomic E-state index is 11.8. The van der Waals surface area contributed by atoms with Crippen LogP contribution < -0.4 is 10.6 Å². The van der Waals surface area contributed by atoms with Crippen LogP contribution in [0.4, 0.5) is 0 Å². The highest BCUT2D eigenvalue weighted by molar-refractivity contribution is 5.85. The molecule has 0 bridgehead atoms. The molecule has 0 saturated heterocycles. The zero-order valence-corrected chi connectivity index (χ0v) is 12.9. The van der Waals surface area contributed by atoms with Gasteiger partial charge in [-0.25, -0.2) is 9.67 Å². The Balaban J connectivity index is 0.00000220. The summed E-state index contributed by atoms with van der Waals surface area (Å²) in [6.07, 6.45) is 3.14. The van der Waals surface area contributed by atoms with Crippen molar-refractivity contribution in [2.45, 2.75) is 13.5 Å². The largest absolute Gasteiger partial charge is 0.352 e. The van der Waals surface area contributed by atoms with Crippen molar-refractivity contribution in [1.82, 2.24) is 25.4 Å². The number of aromatic nitrogens is 3. The molecule has 0 radical (unpaired) electrons. The highest BCUT2D eigenvalue weighted by atomic mass is 35.5. The van der Waals surface area contributed by atoms with Crippen LogP contribution >= 0.6 is 12.4 Å². The van der Waals surface area contributed by atoms with E-state index in [9.17, 15) is 4.79 Å². The Morgan fingerprint density at radius 1 is 1.43 bits per heavy atom. The summed E-state index contributed by atoms with van der Waals surface area (Å²) >= 11 is 0. The van der Waals surface area contributed by atoms with E-state index in [-0.39, 0.29) is 24.2 Å². The lowest BCUT2D eigenvalue weighted by Gasteiger charge is -2.12. The number of carbonyl (C=O) groups excluding carboxylic acids is 1. The molecule has 1 aromatic carbocycles. The van der Waals surface area contributed by atoms with Gasteiger partial charge in [-0.05, 0) is 24.7 Å². The fraction of sp³-hybridized carbons (Fsp3) is 0.357. The van der Waals surface area contributed by atoms with Crippen LogP contribution in [0.25, 0.3) is 5.69 Å². The molecule has 0 fully saturated rings. The maximum atomic E-state index is 11.8. The van der Waals surface area contributed by atoms with Crippen molar-refractivity contribution in [1.29, 1.82) is 0 Å². The van der Waals surface area contributed by atoms with Crippen LogP contribution in [-0.4, -0.2) is 34.3 Å². The van der Waals surface area contributed by atoms with E-state index in [0.717, 1.165) is 11.3 Å². The minimum Gasteiger partial charge on any atom is -0.352 e. The first-order valence-corrected chi connectivity index (χ1v) is 6.57. The SMILES string of the molecule is CNCC(C)C(=O)NCc1cccc(-n2cncn2)c1.Cl. The molecular weight excluding hydrogens is 290 g/mol. The van der Waals surface area contributed by atoms with E-state index >= 15 is 0 Å². The molecule has 0 aliphatic heterocycles. The summed E-state index contributed by atoms with van der Waals surface area (Å²) in [5.41, 5.74) is 1.96. The number of benzene rings is 1. The van der Waals surface area contributed by atoms with E-state index in [1.54, 1.807) is 11.0 Å². The minimum absolute atomic E-state index is 0. The van der Waals surface area contributed by atoms with Crippen molar-refractivity contribution in [3.8, 4) is 5.69 Å². The van der Waals surface area contributed by atoms with Crippen LogP contribution in [-0.2, 0) is 11.3 Å². The monoisotopic (exact) mass is 309 g/mol. The van der Waals surface area contributed by atoms with Crippen LogP contribution in [0.5, 0.6) is 0 Å². The van der Waals surface area contributed by atoms with Crippen molar-refractivity contribution in [2.24, 2.45) is 5.92 Å². The number of halogens is 1. The van der Waals surface area contributed by atoms with Crippen molar-refractivity contribution in [3.05, 3.63) is 42.5 Å². The highest BCUT2D eigenvalue weighted by Crippen LogP contribution is 2.09. The van der Waals surface area contributed by atoms with E-state index in [2.05, 4.69) is 20.7 Å². The van der Waals surface area contributed by atoms with Gasteiger partial charge in [0.05, 0.1) is 5.69 Å². The number of rotatable bonds is 6. The smallest absolute Gasteiger partial charge is 0.224 e. The molecule has 1 aromatic heterocycles. The second-order valence-corrected chi connectivity index (χ2v) is 4.69. The summed E-state index contributed by atoms with van der Waals surface area (Å²) < 4.78 is 1.69. The third-order valence-electron chi connectivity index (χ3n) is 3.02. The third-order valence-corrected chi connectivity index (χ3v) is 3.02. The number of amides is 1. The Morgan fingerprint density at radius 3 is 2.90 bits per heavy atom. The maximum Gasteiger partial charge on any atom is 0.224 e. The Hall–Kier alpha value is -1.92. The van der Waals surface area contributed by atoms with Crippen LogP contribution in [0, 0.1) is 5.92 Å².